The van der Waals surface area contributed by atoms with Crippen molar-refractivity contribution in [2.45, 2.75) is 36.9 Å². The van der Waals surface area contributed by atoms with E-state index in [-0.39, 0.29) is 35.4 Å². The molecule has 6 heterocycles. The Morgan fingerprint density at radius 3 is 2.62 bits per heavy atom. The lowest BCUT2D eigenvalue weighted by atomic mass is 9.48. The van der Waals surface area contributed by atoms with Gasteiger partial charge in [-0.3, -0.25) is 4.98 Å². The van der Waals surface area contributed by atoms with Crippen LogP contribution in [0.25, 0.3) is 57.2 Å². The number of ether oxygens (including phenoxy) is 2. The molecule has 3 aromatic carbocycles. The first-order valence-corrected chi connectivity index (χ1v) is 20.1. The lowest BCUT2D eigenvalue weighted by Gasteiger charge is -2.60. The van der Waals surface area contributed by atoms with Gasteiger partial charge in [-0.05, 0) is 90.1 Å². The zero-order valence-corrected chi connectivity index (χ0v) is 29.9. The molecule has 1 fully saturated rings. The molecular weight excluding hydrogens is 677 g/mol. The molecule has 0 saturated carbocycles. The maximum absolute atomic E-state index is 7.15. The Morgan fingerprint density at radius 2 is 1.65 bits per heavy atom. The maximum atomic E-state index is 7.15. The van der Waals surface area contributed by atoms with E-state index < -0.39 is 0 Å². The molecule has 7 aromatic rings. The summed E-state index contributed by atoms with van der Waals surface area (Å²) in [5.41, 5.74) is 7.20. The monoisotopic (exact) mass is 710 g/mol. The fraction of sp³-hybridized carbons (Fsp3) is 0.196. The lowest BCUT2D eigenvalue weighted by molar-refractivity contribution is -0.0689. The van der Waals surface area contributed by atoms with E-state index in [1.807, 2.05) is 35.1 Å². The van der Waals surface area contributed by atoms with Crippen LogP contribution < -0.4 is 4.74 Å². The van der Waals surface area contributed by atoms with Gasteiger partial charge in [0.15, 0.2) is 0 Å². The average Bonchev–Trinajstić information content (AvgIpc) is 3.91. The van der Waals surface area contributed by atoms with Crippen LogP contribution in [-0.2, 0) is 10.2 Å². The van der Waals surface area contributed by atoms with Gasteiger partial charge in [0.25, 0.3) is 0 Å². The highest BCUT2D eigenvalue weighted by molar-refractivity contribution is 7.26. The van der Waals surface area contributed by atoms with Crippen LogP contribution in [-0.4, -0.2) is 22.2 Å². The average molecular weight is 711 g/mol. The van der Waals surface area contributed by atoms with E-state index in [2.05, 4.69) is 132 Å². The molecule has 1 N–H and O–H groups in total. The fourth-order valence-corrected chi connectivity index (χ4v) is 12.6. The van der Waals surface area contributed by atoms with Crippen molar-refractivity contribution in [3.05, 3.63) is 151 Å². The van der Waals surface area contributed by atoms with Gasteiger partial charge in [-0.1, -0.05) is 66.8 Å². The molecule has 252 valence electrons. The first-order chi connectivity index (χ1) is 25.8. The fourth-order valence-electron chi connectivity index (χ4n) is 10.4. The van der Waals surface area contributed by atoms with Gasteiger partial charge in [-0.15, -0.1) is 22.7 Å². The third-order valence-electron chi connectivity index (χ3n) is 12.4. The van der Waals surface area contributed by atoms with Crippen molar-refractivity contribution in [2.75, 3.05) is 0 Å². The van der Waals surface area contributed by atoms with Crippen LogP contribution in [0.15, 0.2) is 140 Å². The van der Waals surface area contributed by atoms with Crippen molar-refractivity contribution >= 4 is 68.7 Å². The van der Waals surface area contributed by atoms with E-state index >= 15 is 0 Å². The van der Waals surface area contributed by atoms with E-state index in [9.17, 15) is 0 Å². The van der Waals surface area contributed by atoms with Gasteiger partial charge in [0.2, 0.25) is 0 Å². The Balaban J connectivity index is 1.05. The summed E-state index contributed by atoms with van der Waals surface area (Å²) in [6.45, 7) is 0. The van der Waals surface area contributed by atoms with Gasteiger partial charge in [0, 0.05) is 77.6 Å². The SMILES string of the molecule is C1=CC2[C@H](C=C1)Oc1cc(-c3cccc4sc5ccncc5c34)ccc1C21C2C=CC(c3cccc4sc5cc[nH]c5c34)=CC2OC2=CCCC[C@H]21. The third kappa shape index (κ3) is 3.94. The zero-order valence-electron chi connectivity index (χ0n) is 28.3. The van der Waals surface area contributed by atoms with E-state index in [0.717, 1.165) is 18.6 Å². The second-order valence-corrected chi connectivity index (χ2v) is 17.0. The van der Waals surface area contributed by atoms with Gasteiger partial charge in [0.05, 0.1) is 16.0 Å². The van der Waals surface area contributed by atoms with Crippen molar-refractivity contribution in [1.82, 2.24) is 9.97 Å². The number of hydrogen-bond acceptors (Lipinski definition) is 5. The number of aromatic nitrogens is 2. The summed E-state index contributed by atoms with van der Waals surface area (Å²) in [5, 5.41) is 3.78. The summed E-state index contributed by atoms with van der Waals surface area (Å²) >= 11 is 3.69. The maximum Gasteiger partial charge on any atom is 0.124 e. The van der Waals surface area contributed by atoms with Crippen LogP contribution >= 0.6 is 22.7 Å². The number of allylic oxidation sites excluding steroid dienone is 6. The minimum Gasteiger partial charge on any atom is -0.490 e. The molecule has 52 heavy (non-hydrogen) atoms. The summed E-state index contributed by atoms with van der Waals surface area (Å²) in [4.78, 5) is 8.03. The smallest absolute Gasteiger partial charge is 0.124 e. The van der Waals surface area contributed by atoms with Crippen LogP contribution in [0.2, 0.25) is 0 Å². The summed E-state index contributed by atoms with van der Waals surface area (Å²) in [6, 6.07) is 24.8. The topological polar surface area (TPSA) is 47.1 Å². The standard InChI is InChI=1S/C46H34N2O2S2/c1-3-11-35-31(9-1)46(33-17-15-26(23-37(33)49-35)28-7-5-13-40-43(28)30-25-47-21-19-39(30)51-40)32-10-2-4-12-36(32)50-38-24-27(16-18-34(38)46)29-8-6-14-41-44(29)45-42(52-41)20-22-48-45/h1,3,5-9,11-25,31-32,34-35,38,48H,2,4,10H2/t31?,32-,34?,35+,38?,46?/m1/s1. The lowest BCUT2D eigenvalue weighted by Crippen LogP contribution is -2.61. The minimum absolute atomic E-state index is 0.0591. The van der Waals surface area contributed by atoms with Crippen LogP contribution in [0.4, 0.5) is 0 Å². The number of thiophene rings is 2. The Labute approximate surface area is 309 Å². The predicted octanol–water partition coefficient (Wildman–Crippen LogP) is 11.9. The summed E-state index contributed by atoms with van der Waals surface area (Å²) in [7, 11) is 0. The molecule has 0 amide bonds. The van der Waals surface area contributed by atoms with Gasteiger partial charge >= 0.3 is 0 Å². The van der Waals surface area contributed by atoms with Crippen LogP contribution in [0.3, 0.4) is 0 Å². The molecule has 4 nitrogen and oxygen atoms in total. The number of pyridine rings is 1. The highest BCUT2D eigenvalue weighted by Gasteiger charge is 2.62. The number of fused-ring (bicyclic) bond motifs is 14. The number of nitrogens with one attached hydrogen (secondary N) is 1. The Kier molecular flexibility index (Phi) is 6.18. The Bertz CT molecular complexity index is 2790. The van der Waals surface area contributed by atoms with E-state index in [1.54, 1.807) is 0 Å². The summed E-state index contributed by atoms with van der Waals surface area (Å²) in [5.74, 6) is 2.73. The normalized spacial score (nSPS) is 27.2. The number of H-pyrrole nitrogens is 1. The van der Waals surface area contributed by atoms with Crippen molar-refractivity contribution in [2.24, 2.45) is 17.8 Å². The predicted molar refractivity (Wildman–Crippen MR) is 215 cm³/mol. The van der Waals surface area contributed by atoms with Gasteiger partial charge in [-0.25, -0.2) is 0 Å². The highest BCUT2D eigenvalue weighted by Crippen LogP contribution is 2.64. The summed E-state index contributed by atoms with van der Waals surface area (Å²) < 4.78 is 19.4. The molecule has 5 aliphatic rings. The molecule has 6 heteroatoms. The second kappa shape index (κ2) is 10.9. The number of aromatic amines is 1. The van der Waals surface area contributed by atoms with Crippen LogP contribution in [0.1, 0.15) is 30.4 Å². The number of hydrogen-bond donors (Lipinski definition) is 1. The van der Waals surface area contributed by atoms with Crippen LogP contribution in [0, 0.1) is 17.8 Å². The van der Waals surface area contributed by atoms with Gasteiger partial charge in [-0.2, -0.15) is 0 Å². The second-order valence-electron chi connectivity index (χ2n) is 14.9. The quantitative estimate of drug-likeness (QED) is 0.194. The van der Waals surface area contributed by atoms with E-state index in [4.69, 9.17) is 9.47 Å². The highest BCUT2D eigenvalue weighted by atomic mass is 32.1. The Hall–Kier alpha value is -5.17. The molecule has 0 bridgehead atoms. The van der Waals surface area contributed by atoms with E-state index in [1.165, 1.54) is 80.5 Å². The van der Waals surface area contributed by atoms with Crippen molar-refractivity contribution in [3.63, 3.8) is 0 Å². The van der Waals surface area contributed by atoms with Crippen molar-refractivity contribution in [1.29, 1.82) is 0 Å². The molecule has 12 rings (SSSR count). The van der Waals surface area contributed by atoms with Gasteiger partial charge < -0.3 is 14.5 Å². The third-order valence-corrected chi connectivity index (χ3v) is 14.7. The molecule has 6 atom stereocenters. The molecule has 0 radical (unpaired) electrons. The largest absolute Gasteiger partial charge is 0.490 e. The Morgan fingerprint density at radius 1 is 0.788 bits per heavy atom. The molecule has 2 aliphatic heterocycles. The summed E-state index contributed by atoms with van der Waals surface area (Å²) in [6.07, 6.45) is 28.0. The van der Waals surface area contributed by atoms with Gasteiger partial charge in [0.1, 0.15) is 18.0 Å². The van der Waals surface area contributed by atoms with Crippen molar-refractivity contribution < 1.29 is 9.47 Å². The first-order valence-electron chi connectivity index (χ1n) is 18.4. The molecule has 1 spiro atoms. The molecule has 1 saturated heterocycles. The molecule has 4 unspecified atom stereocenters. The van der Waals surface area contributed by atoms with E-state index in [0.29, 0.717) is 0 Å². The molecule has 3 aliphatic carbocycles. The molecular formula is C46H34N2O2S2. The van der Waals surface area contributed by atoms with Crippen molar-refractivity contribution in [3.8, 4) is 16.9 Å². The van der Waals surface area contributed by atoms with Crippen LogP contribution in [0.5, 0.6) is 5.75 Å². The first kappa shape index (κ1) is 29.4. The number of benzene rings is 3. The number of nitrogens with zero attached hydrogens (tertiary/aromatic N) is 1. The molecule has 4 aromatic heterocycles. The minimum atomic E-state index is -0.238. The zero-order chi connectivity index (χ0) is 34.0. The number of rotatable bonds is 2.